The first-order valence-corrected chi connectivity index (χ1v) is 20.0. The van der Waals surface area contributed by atoms with Gasteiger partial charge < -0.3 is 14.6 Å². The van der Waals surface area contributed by atoms with Crippen LogP contribution in [0.25, 0.3) is 0 Å². The molecule has 11 unspecified atom stereocenters. The van der Waals surface area contributed by atoms with Crippen molar-refractivity contribution in [1.29, 1.82) is 0 Å². The van der Waals surface area contributed by atoms with Crippen molar-refractivity contribution in [3.8, 4) is 0 Å². The Morgan fingerprint density at radius 1 is 0.846 bits per heavy atom. The summed E-state index contributed by atoms with van der Waals surface area (Å²) in [7, 11) is 0. The van der Waals surface area contributed by atoms with Crippen LogP contribution in [0.15, 0.2) is 103 Å². The topological polar surface area (TPSA) is 72.8 Å². The smallest absolute Gasteiger partial charge is 0.312 e. The maximum Gasteiger partial charge on any atom is 0.312 e. The van der Waals surface area contributed by atoms with E-state index in [4.69, 9.17) is 9.47 Å². The highest BCUT2D eigenvalue weighted by Crippen LogP contribution is 2.68. The number of allylic oxidation sites excluding steroid dienone is 1. The molecule has 3 saturated carbocycles. The fourth-order valence-corrected chi connectivity index (χ4v) is 13.0. The van der Waals surface area contributed by atoms with E-state index in [1.165, 1.54) is 25.3 Å². The number of carbonyl (C=O) groups excluding carboxylic acids is 2. The molecule has 4 aliphatic carbocycles. The highest BCUT2D eigenvalue weighted by molar-refractivity contribution is 5.77. The second-order valence-electron chi connectivity index (χ2n) is 17.5. The van der Waals surface area contributed by atoms with Gasteiger partial charge >= 0.3 is 11.9 Å². The summed E-state index contributed by atoms with van der Waals surface area (Å²) in [5, 5.41) is 12.7. The van der Waals surface area contributed by atoms with Crippen molar-refractivity contribution < 1.29 is 24.2 Å². The number of aliphatic hydroxyl groups excluding tert-OH is 1. The van der Waals surface area contributed by atoms with Crippen molar-refractivity contribution in [2.45, 2.75) is 96.7 Å². The quantitative estimate of drug-likeness (QED) is 0.144. The zero-order valence-corrected chi connectivity index (χ0v) is 31.4. The molecule has 274 valence electrons. The summed E-state index contributed by atoms with van der Waals surface area (Å²) in [5.41, 5.74) is 4.40. The average molecular weight is 701 g/mol. The molecule has 4 fully saturated rings. The van der Waals surface area contributed by atoms with E-state index in [2.05, 4.69) is 99.6 Å². The zero-order chi connectivity index (χ0) is 36.3. The van der Waals surface area contributed by atoms with E-state index in [0.29, 0.717) is 23.7 Å². The Morgan fingerprint density at radius 2 is 1.44 bits per heavy atom. The molecule has 1 heterocycles. The van der Waals surface area contributed by atoms with Crippen LogP contribution in [0.1, 0.15) is 95.8 Å². The maximum atomic E-state index is 14.1. The molecule has 5 aliphatic rings. The van der Waals surface area contributed by atoms with Gasteiger partial charge in [-0.15, -0.1) is 0 Å². The molecule has 3 aromatic rings. The molecule has 52 heavy (non-hydrogen) atoms. The molecule has 0 radical (unpaired) electrons. The molecule has 1 N–H and O–H groups in total. The van der Waals surface area contributed by atoms with E-state index in [0.717, 1.165) is 55.2 Å². The molecule has 1 saturated heterocycles. The lowest BCUT2D eigenvalue weighted by Gasteiger charge is -2.58. The van der Waals surface area contributed by atoms with Crippen molar-refractivity contribution in [3.63, 3.8) is 0 Å². The number of esters is 2. The van der Waals surface area contributed by atoms with Gasteiger partial charge in [-0.2, -0.15) is 0 Å². The molecule has 3 aromatic carbocycles. The first kappa shape index (κ1) is 35.3. The minimum absolute atomic E-state index is 0.0101. The van der Waals surface area contributed by atoms with Gasteiger partial charge in [0.15, 0.2) is 0 Å². The van der Waals surface area contributed by atoms with Crippen LogP contribution >= 0.6 is 0 Å². The highest BCUT2D eigenvalue weighted by Gasteiger charge is 2.62. The fourth-order valence-electron chi connectivity index (χ4n) is 13.0. The van der Waals surface area contributed by atoms with Gasteiger partial charge in [0.05, 0.1) is 24.0 Å². The molecular formula is C47H56O5. The van der Waals surface area contributed by atoms with Gasteiger partial charge in [0.25, 0.3) is 0 Å². The van der Waals surface area contributed by atoms with Crippen molar-refractivity contribution in [2.75, 3.05) is 6.61 Å². The minimum Gasteiger partial charge on any atom is -0.465 e. The van der Waals surface area contributed by atoms with Crippen molar-refractivity contribution in [3.05, 3.63) is 119 Å². The van der Waals surface area contributed by atoms with Gasteiger partial charge in [-0.3, -0.25) is 9.59 Å². The summed E-state index contributed by atoms with van der Waals surface area (Å²) in [6.07, 6.45) is 10.3. The van der Waals surface area contributed by atoms with E-state index in [1.54, 1.807) is 0 Å². The van der Waals surface area contributed by atoms with Gasteiger partial charge in [0.1, 0.15) is 6.10 Å². The Morgan fingerprint density at radius 3 is 2.02 bits per heavy atom. The Labute approximate surface area is 310 Å². The van der Waals surface area contributed by atoms with Crippen LogP contribution in [0, 0.1) is 52.3 Å². The summed E-state index contributed by atoms with van der Waals surface area (Å²) in [5.74, 6) is 0.702. The van der Waals surface area contributed by atoms with Crippen LogP contribution in [0.3, 0.4) is 0 Å². The van der Waals surface area contributed by atoms with Crippen LogP contribution in [-0.2, 0) is 24.5 Å². The standard InChI is InChI=1S/C47H56O5/c1-30(38-22-23-39-37-21-20-35-28-36(52-31(2)48)24-26-45(35,3)40(37)25-27-46(38,39)4)43(49)42-41(29-51-44(42)50)47(32-14-8-5-9-15-32,33-16-10-6-11-17-33)34-18-12-7-13-19-34/h5-20,30,36-43,49H,21-29H2,1-4H3. The number of carbonyl (C=O) groups is 2. The molecule has 5 nitrogen and oxygen atoms in total. The first-order chi connectivity index (χ1) is 25.1. The molecule has 0 spiro atoms. The summed E-state index contributed by atoms with van der Waals surface area (Å²) < 4.78 is 11.7. The zero-order valence-electron chi connectivity index (χ0n) is 31.4. The van der Waals surface area contributed by atoms with E-state index >= 15 is 0 Å². The van der Waals surface area contributed by atoms with Gasteiger partial charge in [-0.05, 0) is 102 Å². The van der Waals surface area contributed by atoms with Crippen molar-refractivity contribution in [1.82, 2.24) is 0 Å². The van der Waals surface area contributed by atoms with E-state index < -0.39 is 17.4 Å². The number of benzene rings is 3. The largest absolute Gasteiger partial charge is 0.465 e. The summed E-state index contributed by atoms with van der Waals surface area (Å²) >= 11 is 0. The third-order valence-corrected chi connectivity index (χ3v) is 15.4. The number of cyclic esters (lactones) is 1. The lowest BCUT2D eigenvalue weighted by atomic mass is 9.46. The van der Waals surface area contributed by atoms with Gasteiger partial charge in [-0.1, -0.05) is 123 Å². The fraction of sp³-hybridized carbons (Fsp3) is 0.532. The monoisotopic (exact) mass is 700 g/mol. The van der Waals surface area contributed by atoms with E-state index in [9.17, 15) is 14.7 Å². The molecule has 5 heteroatoms. The number of fused-ring (bicyclic) bond motifs is 5. The van der Waals surface area contributed by atoms with Crippen molar-refractivity contribution >= 4 is 11.9 Å². The molecule has 0 amide bonds. The lowest BCUT2D eigenvalue weighted by Crippen LogP contribution is -2.52. The van der Waals surface area contributed by atoms with Crippen LogP contribution in [-0.4, -0.2) is 35.9 Å². The van der Waals surface area contributed by atoms with Crippen LogP contribution in [0.5, 0.6) is 0 Å². The predicted molar refractivity (Wildman–Crippen MR) is 203 cm³/mol. The Balaban J connectivity index is 1.11. The Hall–Kier alpha value is -3.70. The van der Waals surface area contributed by atoms with Crippen LogP contribution in [0.4, 0.5) is 0 Å². The second kappa shape index (κ2) is 13.6. The lowest BCUT2D eigenvalue weighted by molar-refractivity contribution is -0.148. The van der Waals surface area contributed by atoms with Crippen LogP contribution in [0.2, 0.25) is 0 Å². The summed E-state index contributed by atoms with van der Waals surface area (Å²) in [6.45, 7) is 9.01. The van der Waals surface area contributed by atoms with Crippen LogP contribution < -0.4 is 0 Å². The summed E-state index contributed by atoms with van der Waals surface area (Å²) in [4.78, 5) is 25.8. The van der Waals surface area contributed by atoms with Crippen molar-refractivity contribution in [2.24, 2.45) is 52.3 Å². The first-order valence-electron chi connectivity index (χ1n) is 20.0. The van der Waals surface area contributed by atoms with E-state index in [1.807, 2.05) is 18.2 Å². The molecule has 8 rings (SSSR count). The normalized spacial score (nSPS) is 35.3. The average Bonchev–Trinajstić information content (AvgIpc) is 3.72. The number of rotatable bonds is 8. The van der Waals surface area contributed by atoms with Gasteiger partial charge in [0, 0.05) is 19.3 Å². The number of hydrogen-bond donors (Lipinski definition) is 1. The SMILES string of the molecule is CC(=O)OC1CCC2(C)C(=CCC3C2CCC2(C)C(C(C)C(O)C4C(=O)OCC4C(c4ccccc4)(c4ccccc4)c4ccccc4)CCC32)C1. The predicted octanol–water partition coefficient (Wildman–Crippen LogP) is 9.32. The number of aliphatic hydroxyl groups is 1. The molecule has 0 aromatic heterocycles. The van der Waals surface area contributed by atoms with Gasteiger partial charge in [0.2, 0.25) is 0 Å². The number of hydrogen-bond acceptors (Lipinski definition) is 5. The third kappa shape index (κ3) is 5.51. The highest BCUT2D eigenvalue weighted by atomic mass is 16.5. The number of ether oxygens (including phenoxy) is 2. The molecule has 1 aliphatic heterocycles. The second-order valence-corrected chi connectivity index (χ2v) is 17.5. The van der Waals surface area contributed by atoms with E-state index in [-0.39, 0.29) is 47.3 Å². The molecule has 11 atom stereocenters. The Kier molecular flexibility index (Phi) is 9.25. The van der Waals surface area contributed by atoms with Gasteiger partial charge in [-0.25, -0.2) is 0 Å². The minimum atomic E-state index is -0.833. The molecular weight excluding hydrogens is 645 g/mol. The third-order valence-electron chi connectivity index (χ3n) is 15.4. The summed E-state index contributed by atoms with van der Waals surface area (Å²) in [6, 6.07) is 31.6. The maximum absolute atomic E-state index is 14.1. The molecule has 0 bridgehead atoms. The Bertz CT molecular complexity index is 1690.